The second-order valence-corrected chi connectivity index (χ2v) is 10.1. The first-order chi connectivity index (χ1) is 15.5. The molecular formula is C23H21BrN2O6S. The largest absolute Gasteiger partial charge is 0.465 e. The normalized spacial score (nSPS) is 11.2. The zero-order valence-corrected chi connectivity index (χ0v) is 20.5. The molecule has 33 heavy (non-hydrogen) atoms. The van der Waals surface area contributed by atoms with E-state index in [1.807, 2.05) is 0 Å². The number of hydrogen-bond acceptors (Lipinski definition) is 6. The second kappa shape index (κ2) is 9.72. The highest BCUT2D eigenvalue weighted by Crippen LogP contribution is 2.23. The van der Waals surface area contributed by atoms with Gasteiger partial charge < -0.3 is 14.6 Å². The van der Waals surface area contributed by atoms with E-state index in [9.17, 15) is 22.8 Å². The van der Waals surface area contributed by atoms with Crippen molar-refractivity contribution >= 4 is 43.3 Å². The Labute approximate surface area is 199 Å². The van der Waals surface area contributed by atoms with Crippen LogP contribution in [0.2, 0.25) is 0 Å². The number of rotatable bonds is 6. The van der Waals surface area contributed by atoms with Gasteiger partial charge in [0.2, 0.25) is 15.7 Å². The van der Waals surface area contributed by atoms with Crippen molar-refractivity contribution in [1.29, 1.82) is 0 Å². The van der Waals surface area contributed by atoms with Gasteiger partial charge in [-0.05, 0) is 74.0 Å². The third-order valence-corrected chi connectivity index (χ3v) is 7.39. The Kier molecular flexibility index (Phi) is 7.19. The topological polar surface area (TPSA) is 112 Å². The molecule has 3 aromatic rings. The monoisotopic (exact) mass is 532 g/mol. The van der Waals surface area contributed by atoms with Crippen LogP contribution in [-0.2, 0) is 25.9 Å². The molecule has 172 valence electrons. The Morgan fingerprint density at radius 1 is 1.03 bits per heavy atom. The average Bonchev–Trinajstić information content (AvgIpc) is 2.76. The number of methoxy groups -OCH3 is 1. The summed E-state index contributed by atoms with van der Waals surface area (Å²) in [6.07, 6.45) is 0. The van der Waals surface area contributed by atoms with Gasteiger partial charge in [0.05, 0.1) is 17.6 Å². The Balaban J connectivity index is 1.91. The minimum Gasteiger partial charge on any atom is -0.465 e. The van der Waals surface area contributed by atoms with Gasteiger partial charge in [0, 0.05) is 15.9 Å². The average molecular weight is 533 g/mol. The van der Waals surface area contributed by atoms with Gasteiger partial charge in [0.25, 0.3) is 5.56 Å². The molecule has 0 fully saturated rings. The van der Waals surface area contributed by atoms with Crippen molar-refractivity contribution in [1.82, 2.24) is 4.57 Å². The summed E-state index contributed by atoms with van der Waals surface area (Å²) in [5.74, 6) is -1.03. The van der Waals surface area contributed by atoms with Crippen LogP contribution in [-0.4, -0.2) is 32.0 Å². The molecule has 10 heteroatoms. The predicted molar refractivity (Wildman–Crippen MR) is 126 cm³/mol. The summed E-state index contributed by atoms with van der Waals surface area (Å²) < 4.78 is 32.8. The first kappa shape index (κ1) is 24.4. The van der Waals surface area contributed by atoms with Gasteiger partial charge in [-0.15, -0.1) is 0 Å². The number of halogens is 1. The van der Waals surface area contributed by atoms with E-state index in [2.05, 4.69) is 26.0 Å². The number of carbonyl (C=O) groups is 2. The molecule has 0 bridgehead atoms. The van der Waals surface area contributed by atoms with E-state index >= 15 is 0 Å². The number of benzene rings is 2. The highest BCUT2D eigenvalue weighted by Gasteiger charge is 2.26. The van der Waals surface area contributed by atoms with E-state index in [0.29, 0.717) is 27.0 Å². The molecule has 0 radical (unpaired) electrons. The predicted octanol–water partition coefficient (Wildman–Crippen LogP) is 3.49. The Morgan fingerprint density at radius 3 is 2.21 bits per heavy atom. The minimum absolute atomic E-state index is 0.0172. The smallest absolute Gasteiger partial charge is 0.337 e. The van der Waals surface area contributed by atoms with Crippen LogP contribution in [0.1, 0.15) is 21.6 Å². The molecule has 0 saturated carbocycles. The lowest BCUT2D eigenvalue weighted by Gasteiger charge is -2.15. The first-order valence-corrected chi connectivity index (χ1v) is 12.0. The summed E-state index contributed by atoms with van der Waals surface area (Å²) in [6, 6.07) is 13.6. The number of carbonyl (C=O) groups excluding carboxylic acids is 2. The molecule has 0 saturated heterocycles. The number of anilines is 1. The van der Waals surface area contributed by atoms with Crippen molar-refractivity contribution in [3.05, 3.63) is 86.2 Å². The number of nitrogens with zero attached hydrogens (tertiary/aromatic N) is 1. The van der Waals surface area contributed by atoms with Crippen molar-refractivity contribution in [2.75, 3.05) is 12.4 Å². The zero-order valence-electron chi connectivity index (χ0n) is 18.1. The second-order valence-electron chi connectivity index (χ2n) is 7.26. The molecular weight excluding hydrogens is 512 g/mol. The van der Waals surface area contributed by atoms with E-state index < -0.39 is 27.3 Å². The van der Waals surface area contributed by atoms with Crippen molar-refractivity contribution in [2.24, 2.45) is 0 Å². The molecule has 1 aromatic heterocycles. The van der Waals surface area contributed by atoms with Gasteiger partial charge in [-0.25, -0.2) is 13.2 Å². The molecule has 0 aliphatic carbocycles. The van der Waals surface area contributed by atoms with E-state index in [1.165, 1.54) is 43.5 Å². The molecule has 1 N–H and O–H groups in total. The number of pyridine rings is 1. The van der Waals surface area contributed by atoms with Crippen molar-refractivity contribution in [3.63, 3.8) is 0 Å². The number of aromatic nitrogens is 1. The maximum absolute atomic E-state index is 13.2. The molecule has 0 spiro atoms. The van der Waals surface area contributed by atoms with Crippen LogP contribution in [0.25, 0.3) is 0 Å². The fraction of sp³-hybridized carbons (Fsp3) is 0.174. The lowest BCUT2D eigenvalue weighted by Crippen LogP contribution is -2.33. The lowest BCUT2D eigenvalue weighted by atomic mass is 10.2. The number of esters is 1. The number of amides is 1. The van der Waals surface area contributed by atoms with Crippen LogP contribution in [0.5, 0.6) is 0 Å². The molecule has 8 nitrogen and oxygen atoms in total. The van der Waals surface area contributed by atoms with Gasteiger partial charge in [0.1, 0.15) is 11.4 Å². The highest BCUT2D eigenvalue weighted by molar-refractivity contribution is 9.10. The third-order valence-electron chi connectivity index (χ3n) is 4.93. The van der Waals surface area contributed by atoms with Gasteiger partial charge in [-0.1, -0.05) is 15.9 Å². The van der Waals surface area contributed by atoms with Gasteiger partial charge in [-0.2, -0.15) is 0 Å². The molecule has 1 amide bonds. The van der Waals surface area contributed by atoms with Crippen molar-refractivity contribution in [3.8, 4) is 0 Å². The summed E-state index contributed by atoms with van der Waals surface area (Å²) in [5.41, 5.74) is 0.711. The van der Waals surface area contributed by atoms with Crippen molar-refractivity contribution < 1.29 is 22.7 Å². The van der Waals surface area contributed by atoms with Gasteiger partial charge in [0.15, 0.2) is 0 Å². The van der Waals surface area contributed by atoms with Crippen LogP contribution in [0, 0.1) is 13.8 Å². The fourth-order valence-corrected chi connectivity index (χ4v) is 5.13. The number of ether oxygens (including phenoxy) is 1. The summed E-state index contributed by atoms with van der Waals surface area (Å²) in [6.45, 7) is 2.79. The van der Waals surface area contributed by atoms with E-state index in [1.54, 1.807) is 32.0 Å². The summed E-state index contributed by atoms with van der Waals surface area (Å²) in [4.78, 5) is 36.9. The van der Waals surface area contributed by atoms with Crippen LogP contribution >= 0.6 is 15.9 Å². The zero-order chi connectivity index (χ0) is 24.3. The number of nitrogens with one attached hydrogen (secondary N) is 1. The van der Waals surface area contributed by atoms with Crippen LogP contribution < -0.4 is 10.9 Å². The van der Waals surface area contributed by atoms with E-state index in [0.717, 1.165) is 4.57 Å². The molecule has 0 aliphatic heterocycles. The lowest BCUT2D eigenvalue weighted by molar-refractivity contribution is -0.116. The maximum atomic E-state index is 13.2. The maximum Gasteiger partial charge on any atom is 0.337 e. The molecule has 1 heterocycles. The third kappa shape index (κ3) is 5.23. The molecule has 0 atom stereocenters. The highest BCUT2D eigenvalue weighted by atomic mass is 79.9. The minimum atomic E-state index is -4.10. The molecule has 3 rings (SSSR count). The van der Waals surface area contributed by atoms with Gasteiger partial charge in [-0.3, -0.25) is 9.59 Å². The Morgan fingerprint density at radius 2 is 1.64 bits per heavy atom. The Hall–Kier alpha value is -3.24. The standard InChI is InChI=1S/C23H21BrN2O6S/c1-14-12-15(2)26(13-20(27)25-18-8-4-16(5-9-18)23(29)32-3)22(28)21(14)33(30,31)19-10-6-17(24)7-11-19/h4-12H,13H2,1-3H3,(H,25,27). The first-order valence-electron chi connectivity index (χ1n) is 9.74. The fourth-order valence-electron chi connectivity index (χ4n) is 3.31. The summed E-state index contributed by atoms with van der Waals surface area (Å²) >= 11 is 3.26. The number of aryl methyl sites for hydroxylation is 2. The SMILES string of the molecule is COC(=O)c1ccc(NC(=O)Cn2c(C)cc(C)c(S(=O)(=O)c3ccc(Br)cc3)c2=O)cc1. The molecule has 0 aliphatic rings. The van der Waals surface area contributed by atoms with Gasteiger partial charge >= 0.3 is 5.97 Å². The quantitative estimate of drug-likeness (QED) is 0.486. The molecule has 2 aromatic carbocycles. The molecule has 0 unspecified atom stereocenters. The van der Waals surface area contributed by atoms with Crippen LogP contribution in [0.3, 0.4) is 0 Å². The van der Waals surface area contributed by atoms with Crippen LogP contribution in [0.15, 0.2) is 73.7 Å². The van der Waals surface area contributed by atoms with E-state index in [-0.39, 0.29) is 16.3 Å². The van der Waals surface area contributed by atoms with E-state index in [4.69, 9.17) is 0 Å². The Bertz CT molecular complexity index is 1380. The summed E-state index contributed by atoms with van der Waals surface area (Å²) in [7, 11) is -2.83. The van der Waals surface area contributed by atoms with Crippen molar-refractivity contribution in [2.45, 2.75) is 30.2 Å². The summed E-state index contributed by atoms with van der Waals surface area (Å²) in [5, 5.41) is 2.63. The van der Waals surface area contributed by atoms with Crippen LogP contribution in [0.4, 0.5) is 5.69 Å². The number of sulfone groups is 1. The number of hydrogen-bond donors (Lipinski definition) is 1.